The number of rotatable bonds is 5. The molecule has 0 heterocycles. The van der Waals surface area contributed by atoms with Crippen LogP contribution in [0.3, 0.4) is 0 Å². The maximum atomic E-state index is 11.9. The molecule has 0 saturated heterocycles. The molecule has 1 fully saturated rings. The van der Waals surface area contributed by atoms with Crippen molar-refractivity contribution in [2.75, 3.05) is 0 Å². The molecule has 1 amide bonds. The van der Waals surface area contributed by atoms with Crippen molar-refractivity contribution in [1.82, 2.24) is 5.32 Å². The maximum Gasteiger partial charge on any atom is 0.220 e. The van der Waals surface area contributed by atoms with Gasteiger partial charge in [0.2, 0.25) is 5.91 Å². The predicted molar refractivity (Wildman–Crippen MR) is 80.4 cm³/mol. The zero-order valence-corrected chi connectivity index (χ0v) is 12.1. The van der Waals surface area contributed by atoms with E-state index in [2.05, 4.69) is 17.4 Å². The number of hydrogen-bond acceptors (Lipinski definition) is 2. The molecule has 110 valence electrons. The summed E-state index contributed by atoms with van der Waals surface area (Å²) in [4.78, 5) is 11.9. The highest BCUT2D eigenvalue weighted by molar-refractivity contribution is 5.76. The molecule has 1 saturated carbocycles. The predicted octanol–water partition coefficient (Wildman–Crippen LogP) is 2.82. The third kappa shape index (κ3) is 4.97. The maximum absolute atomic E-state index is 11.9. The Morgan fingerprint density at radius 3 is 2.70 bits per heavy atom. The molecule has 1 aromatic rings. The fraction of sp³-hybridized carbons (Fsp3) is 0.588. The molecule has 2 atom stereocenters. The first-order chi connectivity index (χ1) is 9.75. The Labute approximate surface area is 121 Å². The van der Waals surface area contributed by atoms with Crippen molar-refractivity contribution in [3.05, 3.63) is 35.9 Å². The molecular weight excluding hydrogens is 250 g/mol. The second-order valence-corrected chi connectivity index (χ2v) is 5.72. The first kappa shape index (κ1) is 15.0. The van der Waals surface area contributed by atoms with Crippen LogP contribution in [-0.4, -0.2) is 23.2 Å². The normalized spacial score (nSPS) is 23.1. The molecule has 1 aliphatic rings. The van der Waals surface area contributed by atoms with E-state index in [1.165, 1.54) is 5.56 Å². The number of carbonyl (C=O) groups is 1. The van der Waals surface area contributed by atoms with Gasteiger partial charge in [-0.15, -0.1) is 0 Å². The van der Waals surface area contributed by atoms with Crippen LogP contribution in [0.1, 0.15) is 50.5 Å². The number of aryl methyl sites for hydroxylation is 1. The molecule has 3 heteroatoms. The average Bonchev–Trinajstić information content (AvgIpc) is 2.65. The van der Waals surface area contributed by atoms with Gasteiger partial charge in [0.05, 0.1) is 12.1 Å². The molecule has 20 heavy (non-hydrogen) atoms. The van der Waals surface area contributed by atoms with Crippen LogP contribution in [0.25, 0.3) is 0 Å². The first-order valence-electron chi connectivity index (χ1n) is 7.77. The van der Waals surface area contributed by atoms with E-state index in [4.69, 9.17) is 0 Å². The summed E-state index contributed by atoms with van der Waals surface area (Å²) in [5, 5.41) is 13.0. The van der Waals surface area contributed by atoms with Gasteiger partial charge in [-0.1, -0.05) is 49.6 Å². The minimum Gasteiger partial charge on any atom is -0.391 e. The number of hydrogen-bond donors (Lipinski definition) is 2. The molecule has 0 radical (unpaired) electrons. The Morgan fingerprint density at radius 1 is 1.15 bits per heavy atom. The van der Waals surface area contributed by atoms with Gasteiger partial charge < -0.3 is 10.4 Å². The third-order valence-corrected chi connectivity index (χ3v) is 4.04. The lowest BCUT2D eigenvalue weighted by Gasteiger charge is -2.21. The lowest BCUT2D eigenvalue weighted by molar-refractivity contribution is -0.122. The van der Waals surface area contributed by atoms with E-state index in [9.17, 15) is 9.90 Å². The third-order valence-electron chi connectivity index (χ3n) is 4.04. The summed E-state index contributed by atoms with van der Waals surface area (Å²) < 4.78 is 0. The van der Waals surface area contributed by atoms with Crippen LogP contribution in [-0.2, 0) is 11.2 Å². The number of carbonyl (C=O) groups excluding carboxylic acids is 1. The molecule has 0 spiro atoms. The van der Waals surface area contributed by atoms with Gasteiger partial charge >= 0.3 is 0 Å². The van der Waals surface area contributed by atoms with Crippen LogP contribution in [0, 0.1) is 0 Å². The van der Waals surface area contributed by atoms with E-state index >= 15 is 0 Å². The van der Waals surface area contributed by atoms with Gasteiger partial charge in [0, 0.05) is 6.42 Å². The Kier molecular flexibility index (Phi) is 6.06. The smallest absolute Gasteiger partial charge is 0.220 e. The molecule has 0 aliphatic heterocycles. The lowest BCUT2D eigenvalue weighted by Crippen LogP contribution is -2.42. The molecule has 0 bridgehead atoms. The summed E-state index contributed by atoms with van der Waals surface area (Å²) in [7, 11) is 0. The van der Waals surface area contributed by atoms with Gasteiger partial charge in [0.15, 0.2) is 0 Å². The van der Waals surface area contributed by atoms with E-state index in [0.29, 0.717) is 6.42 Å². The number of aliphatic hydroxyl groups excluding tert-OH is 1. The van der Waals surface area contributed by atoms with Crippen LogP contribution in [0.4, 0.5) is 0 Å². The second kappa shape index (κ2) is 8.05. The Bertz CT molecular complexity index is 405. The molecule has 3 nitrogen and oxygen atoms in total. The van der Waals surface area contributed by atoms with Crippen molar-refractivity contribution in [2.45, 2.75) is 63.5 Å². The fourth-order valence-corrected chi connectivity index (χ4v) is 2.83. The highest BCUT2D eigenvalue weighted by atomic mass is 16.3. The van der Waals surface area contributed by atoms with E-state index in [1.54, 1.807) is 0 Å². The second-order valence-electron chi connectivity index (χ2n) is 5.72. The quantitative estimate of drug-likeness (QED) is 0.812. The van der Waals surface area contributed by atoms with Crippen LogP contribution in [0.5, 0.6) is 0 Å². The molecule has 1 aromatic carbocycles. The van der Waals surface area contributed by atoms with E-state index < -0.39 is 0 Å². The Morgan fingerprint density at radius 2 is 1.90 bits per heavy atom. The molecule has 0 aromatic heterocycles. The molecular formula is C17H25NO2. The SMILES string of the molecule is O=C(CCCc1ccccc1)NC1CCCCCC1O. The zero-order chi connectivity index (χ0) is 14.2. The van der Waals surface area contributed by atoms with Crippen LogP contribution in [0.2, 0.25) is 0 Å². The lowest BCUT2D eigenvalue weighted by atomic mass is 10.0. The number of amides is 1. The summed E-state index contributed by atoms with van der Waals surface area (Å²) in [5.74, 6) is 0.0758. The summed E-state index contributed by atoms with van der Waals surface area (Å²) >= 11 is 0. The molecule has 2 rings (SSSR count). The average molecular weight is 275 g/mol. The van der Waals surface area contributed by atoms with Crippen LogP contribution < -0.4 is 5.32 Å². The number of aliphatic hydroxyl groups is 1. The van der Waals surface area contributed by atoms with E-state index in [0.717, 1.165) is 44.9 Å². The summed E-state index contributed by atoms with van der Waals surface area (Å²) in [6, 6.07) is 10.2. The first-order valence-corrected chi connectivity index (χ1v) is 7.77. The zero-order valence-electron chi connectivity index (χ0n) is 12.1. The van der Waals surface area contributed by atoms with Gasteiger partial charge in [-0.3, -0.25) is 4.79 Å². The molecule has 2 unspecified atom stereocenters. The van der Waals surface area contributed by atoms with Crippen molar-refractivity contribution in [1.29, 1.82) is 0 Å². The standard InChI is InChI=1S/C17H25NO2/c19-16-12-6-2-5-11-15(16)18-17(20)13-7-10-14-8-3-1-4-9-14/h1,3-4,8-9,15-16,19H,2,5-7,10-13H2,(H,18,20). The molecule has 1 aliphatic carbocycles. The fourth-order valence-electron chi connectivity index (χ4n) is 2.83. The van der Waals surface area contributed by atoms with Crippen LogP contribution in [0.15, 0.2) is 30.3 Å². The van der Waals surface area contributed by atoms with Gasteiger partial charge in [-0.2, -0.15) is 0 Å². The monoisotopic (exact) mass is 275 g/mol. The number of benzene rings is 1. The van der Waals surface area contributed by atoms with Crippen molar-refractivity contribution in [3.63, 3.8) is 0 Å². The van der Waals surface area contributed by atoms with Gasteiger partial charge in [0.1, 0.15) is 0 Å². The highest BCUT2D eigenvalue weighted by Gasteiger charge is 2.22. The molecule has 2 N–H and O–H groups in total. The Balaban J connectivity index is 1.69. The Hall–Kier alpha value is -1.35. The van der Waals surface area contributed by atoms with Gasteiger partial charge in [0.25, 0.3) is 0 Å². The van der Waals surface area contributed by atoms with E-state index in [1.807, 2.05) is 18.2 Å². The minimum atomic E-state index is -0.365. The van der Waals surface area contributed by atoms with E-state index in [-0.39, 0.29) is 18.1 Å². The van der Waals surface area contributed by atoms with Crippen molar-refractivity contribution in [2.24, 2.45) is 0 Å². The van der Waals surface area contributed by atoms with Crippen molar-refractivity contribution in [3.8, 4) is 0 Å². The van der Waals surface area contributed by atoms with Crippen molar-refractivity contribution >= 4 is 5.91 Å². The largest absolute Gasteiger partial charge is 0.391 e. The van der Waals surface area contributed by atoms with Gasteiger partial charge in [-0.25, -0.2) is 0 Å². The van der Waals surface area contributed by atoms with Crippen LogP contribution >= 0.6 is 0 Å². The van der Waals surface area contributed by atoms with Crippen molar-refractivity contribution < 1.29 is 9.90 Å². The summed E-state index contributed by atoms with van der Waals surface area (Å²) in [5.41, 5.74) is 1.27. The highest BCUT2D eigenvalue weighted by Crippen LogP contribution is 2.18. The summed E-state index contributed by atoms with van der Waals surface area (Å²) in [6.07, 6.45) is 7.03. The summed E-state index contributed by atoms with van der Waals surface area (Å²) in [6.45, 7) is 0. The number of nitrogens with one attached hydrogen (secondary N) is 1. The topological polar surface area (TPSA) is 49.3 Å². The van der Waals surface area contributed by atoms with Gasteiger partial charge in [-0.05, 0) is 31.2 Å². The minimum absolute atomic E-state index is 0.0401.